The van der Waals surface area contributed by atoms with Gasteiger partial charge in [-0.3, -0.25) is 0 Å². The van der Waals surface area contributed by atoms with E-state index in [0.717, 1.165) is 6.42 Å². The molecule has 0 saturated carbocycles. The van der Waals surface area contributed by atoms with E-state index in [-0.39, 0.29) is 16.2 Å². The predicted molar refractivity (Wildman–Crippen MR) is 334 cm³/mol. The van der Waals surface area contributed by atoms with Crippen molar-refractivity contribution in [2.75, 3.05) is 4.90 Å². The van der Waals surface area contributed by atoms with Crippen LogP contribution in [0.15, 0.2) is 158 Å². The second-order valence-electron chi connectivity index (χ2n) is 25.7. The maximum Gasteiger partial charge on any atom is 0.113 e. The third kappa shape index (κ3) is 7.09. The van der Waals surface area contributed by atoms with Crippen LogP contribution in [0, 0.1) is 55.4 Å². The van der Waals surface area contributed by atoms with E-state index in [1.807, 2.05) is 0 Å². The molecule has 2 aliphatic carbocycles. The van der Waals surface area contributed by atoms with Crippen LogP contribution in [0.4, 0.5) is 17.1 Å². The first kappa shape index (κ1) is 49.3. The Hall–Kier alpha value is -7.26. The highest BCUT2D eigenvalue weighted by Gasteiger charge is 2.47. The monoisotopic (exact) mass is 1020 g/mol. The summed E-state index contributed by atoms with van der Waals surface area (Å²) < 4.78 is 0. The molecule has 0 fully saturated rings. The fourth-order valence-electron chi connectivity index (χ4n) is 15.4. The van der Waals surface area contributed by atoms with Gasteiger partial charge in [0.15, 0.2) is 0 Å². The zero-order valence-corrected chi connectivity index (χ0v) is 49.2. The summed E-state index contributed by atoms with van der Waals surface area (Å²) in [6, 6.07) is 62.5. The molecule has 3 aliphatic rings. The average molecular weight is 1020 g/mol. The molecular formula is C75H73NSi. The Kier molecular flexibility index (Phi) is 10.8. The molecule has 10 aromatic carbocycles. The van der Waals surface area contributed by atoms with Crippen LogP contribution in [0.2, 0.25) is 13.1 Å². The molecular weight excluding hydrogens is 943 g/mol. The second-order valence-corrected chi connectivity index (χ2v) is 30.0. The zero-order valence-electron chi connectivity index (χ0n) is 48.2. The maximum absolute atomic E-state index is 2.69. The Bertz CT molecular complexity index is 4110. The van der Waals surface area contributed by atoms with Crippen LogP contribution in [0.1, 0.15) is 118 Å². The summed E-state index contributed by atoms with van der Waals surface area (Å²) in [5.41, 5.74) is 32.0. The summed E-state index contributed by atoms with van der Waals surface area (Å²) in [6.07, 6.45) is 0.903. The van der Waals surface area contributed by atoms with Gasteiger partial charge in [0, 0.05) is 33.0 Å². The predicted octanol–water partition coefficient (Wildman–Crippen LogP) is 18.9. The van der Waals surface area contributed by atoms with Gasteiger partial charge in [-0.25, -0.2) is 0 Å². The van der Waals surface area contributed by atoms with Crippen LogP contribution in [0.25, 0.3) is 54.9 Å². The minimum Gasteiger partial charge on any atom is -0.309 e. The van der Waals surface area contributed by atoms with Crippen molar-refractivity contribution in [2.24, 2.45) is 0 Å². The fraction of sp³-hybridized carbons (Fsp3) is 0.253. The lowest BCUT2D eigenvalue weighted by molar-refractivity contribution is 0.560. The summed E-state index contributed by atoms with van der Waals surface area (Å²) in [7, 11) is -2.22. The zero-order chi connectivity index (χ0) is 54.0. The highest BCUT2D eigenvalue weighted by Crippen LogP contribution is 2.58. The molecule has 1 nitrogen and oxygen atoms in total. The van der Waals surface area contributed by atoms with Gasteiger partial charge >= 0.3 is 0 Å². The van der Waals surface area contributed by atoms with Crippen molar-refractivity contribution in [1.82, 2.24) is 0 Å². The van der Waals surface area contributed by atoms with Crippen molar-refractivity contribution in [3.8, 4) is 33.4 Å². The molecule has 0 unspecified atom stereocenters. The van der Waals surface area contributed by atoms with Crippen LogP contribution in [-0.2, 0) is 22.7 Å². The van der Waals surface area contributed by atoms with E-state index in [1.54, 1.807) is 10.4 Å². The molecule has 77 heavy (non-hydrogen) atoms. The van der Waals surface area contributed by atoms with E-state index in [0.29, 0.717) is 0 Å². The van der Waals surface area contributed by atoms with Crippen LogP contribution >= 0.6 is 0 Å². The van der Waals surface area contributed by atoms with Crippen molar-refractivity contribution < 1.29 is 0 Å². The SMILES string of the molecule is Cc1ccc(N(c2ccc(C)cc2C)c2cc3c(c4ccccc24)-c2cc4c(cc2C3(C)C)-c2cc3c(cc2[Si]4(C)C)-c2c(cc(CC(C)(c4ccc(C)cc4C)c4ccc(C)cc4C)c4ccccc24)C3(C)C)c(C)c1. The number of hydrogen-bond acceptors (Lipinski definition) is 1. The minimum absolute atomic E-state index is 0.206. The van der Waals surface area contributed by atoms with Crippen LogP contribution in [0.5, 0.6) is 0 Å². The van der Waals surface area contributed by atoms with Gasteiger partial charge in [0.25, 0.3) is 0 Å². The molecule has 0 bridgehead atoms. The topological polar surface area (TPSA) is 3.24 Å². The highest BCUT2D eigenvalue weighted by atomic mass is 28.3. The number of aryl methyl sites for hydroxylation is 8. The third-order valence-corrected chi connectivity index (χ3v) is 22.8. The quantitative estimate of drug-likeness (QED) is 0.144. The van der Waals surface area contributed by atoms with E-state index in [9.17, 15) is 0 Å². The Morgan fingerprint density at radius 1 is 0.390 bits per heavy atom. The molecule has 0 atom stereocenters. The van der Waals surface area contributed by atoms with E-state index >= 15 is 0 Å². The number of anilines is 3. The summed E-state index contributed by atoms with van der Waals surface area (Å²) in [6.45, 7) is 35.7. The Morgan fingerprint density at radius 3 is 1.25 bits per heavy atom. The normalized spacial score (nSPS) is 15.1. The van der Waals surface area contributed by atoms with Gasteiger partial charge in [-0.15, -0.1) is 0 Å². The average Bonchev–Trinajstić information content (AvgIpc) is 3.68. The van der Waals surface area contributed by atoms with Gasteiger partial charge in [-0.2, -0.15) is 0 Å². The summed E-state index contributed by atoms with van der Waals surface area (Å²) in [5, 5.41) is 8.49. The van der Waals surface area contributed by atoms with E-state index in [2.05, 4.69) is 266 Å². The second kappa shape index (κ2) is 16.9. The first-order chi connectivity index (χ1) is 36.6. The molecule has 13 rings (SSSR count). The van der Waals surface area contributed by atoms with Gasteiger partial charge in [-0.05, 0) is 213 Å². The minimum atomic E-state index is -2.22. The molecule has 382 valence electrons. The lowest BCUT2D eigenvalue weighted by Crippen LogP contribution is -2.49. The first-order valence-corrected chi connectivity index (χ1v) is 31.2. The summed E-state index contributed by atoms with van der Waals surface area (Å²) >= 11 is 0. The first-order valence-electron chi connectivity index (χ1n) is 28.2. The van der Waals surface area contributed by atoms with Crippen molar-refractivity contribution in [3.63, 3.8) is 0 Å². The number of benzene rings is 10. The Labute approximate surface area is 459 Å². The van der Waals surface area contributed by atoms with Crippen LogP contribution < -0.4 is 15.3 Å². The molecule has 0 amide bonds. The molecule has 0 spiro atoms. The Morgan fingerprint density at radius 2 is 0.792 bits per heavy atom. The lowest BCUT2D eigenvalue weighted by Gasteiger charge is -2.35. The van der Waals surface area contributed by atoms with Crippen LogP contribution in [-0.4, -0.2) is 8.07 Å². The van der Waals surface area contributed by atoms with Gasteiger partial charge in [0.2, 0.25) is 0 Å². The number of fused-ring (bicyclic) bond motifs is 13. The molecule has 1 heterocycles. The molecule has 0 radical (unpaired) electrons. The van der Waals surface area contributed by atoms with Crippen molar-refractivity contribution in [2.45, 2.75) is 126 Å². The van der Waals surface area contributed by atoms with Gasteiger partial charge in [0.05, 0.1) is 5.69 Å². The highest BCUT2D eigenvalue weighted by molar-refractivity contribution is 7.04. The molecule has 1 aliphatic heterocycles. The molecule has 0 saturated heterocycles. The van der Waals surface area contributed by atoms with Crippen molar-refractivity contribution in [3.05, 3.63) is 241 Å². The van der Waals surface area contributed by atoms with Gasteiger partial charge in [-0.1, -0.05) is 197 Å². The largest absolute Gasteiger partial charge is 0.309 e. The smallest absolute Gasteiger partial charge is 0.113 e. The molecule has 0 aromatic heterocycles. The van der Waals surface area contributed by atoms with E-state index in [4.69, 9.17) is 0 Å². The van der Waals surface area contributed by atoms with Crippen molar-refractivity contribution in [1.29, 1.82) is 0 Å². The number of hydrogen-bond donors (Lipinski definition) is 0. The third-order valence-electron chi connectivity index (χ3n) is 19.3. The van der Waals surface area contributed by atoms with Gasteiger partial charge < -0.3 is 4.90 Å². The maximum atomic E-state index is 2.69. The Balaban J connectivity index is 0.966. The summed E-state index contributed by atoms with van der Waals surface area (Å²) in [5.74, 6) is 0. The fourth-order valence-corrected chi connectivity index (χ4v) is 18.4. The lowest BCUT2D eigenvalue weighted by atomic mass is 9.68. The molecule has 2 heteroatoms. The number of nitrogens with zero attached hydrogens (tertiary/aromatic N) is 1. The van der Waals surface area contributed by atoms with Crippen molar-refractivity contribution >= 4 is 57.1 Å². The standard InChI is InChI=1S/C75H73NSi/c1-43-24-28-60(47(5)32-43)75(13,61-29-25-44(2)33-48(61)6)42-51-36-64-71(54-22-18-16-20-52(51)54)58-39-69-56(37-62(58)73(64,9)10)57-38-63-59(40-70(57)77(69,14)15)72-55-23-19-17-21-53(55)68(41-65(72)74(63,11)12)76(66-30-26-45(3)34-49(66)7)67-31-27-46(4)35-50(67)8/h16-41H,42H2,1-15H3. The van der Waals surface area contributed by atoms with Crippen LogP contribution in [0.3, 0.4) is 0 Å². The van der Waals surface area contributed by atoms with Gasteiger partial charge in [0.1, 0.15) is 8.07 Å². The molecule has 10 aromatic rings. The van der Waals surface area contributed by atoms with E-state index < -0.39 is 8.07 Å². The molecule has 0 N–H and O–H groups in total. The summed E-state index contributed by atoms with van der Waals surface area (Å²) in [4.78, 5) is 2.55. The number of rotatable bonds is 7. The van der Waals surface area contributed by atoms with E-state index in [1.165, 1.54) is 155 Å².